The standard InChI is InChI=1S/C8H15O/c1-4-5-6-7(2)8(3)9/h4-6H2,1-3H3/b8-7+. The van der Waals surface area contributed by atoms with Crippen LogP contribution >= 0.6 is 0 Å². The quantitative estimate of drug-likeness (QED) is 0.519. The van der Waals surface area contributed by atoms with E-state index >= 15 is 0 Å². The molecular formula is C8H15O. The van der Waals surface area contributed by atoms with Crippen LogP contribution in [0.4, 0.5) is 0 Å². The first-order chi connectivity index (χ1) is 4.18. The smallest absolute Gasteiger partial charge is 0.151 e. The van der Waals surface area contributed by atoms with Gasteiger partial charge in [-0.25, -0.2) is 0 Å². The van der Waals surface area contributed by atoms with Crippen molar-refractivity contribution in [3.05, 3.63) is 11.3 Å². The zero-order chi connectivity index (χ0) is 7.28. The summed E-state index contributed by atoms with van der Waals surface area (Å²) in [6, 6.07) is 0. The number of hydrogen-bond acceptors (Lipinski definition) is 0. The van der Waals surface area contributed by atoms with E-state index in [1.165, 1.54) is 6.42 Å². The average molecular weight is 127 g/mol. The Hall–Kier alpha value is -0.460. The zero-order valence-electron chi connectivity index (χ0n) is 6.53. The van der Waals surface area contributed by atoms with Crippen LogP contribution in [0, 0.1) is 0 Å². The summed E-state index contributed by atoms with van der Waals surface area (Å²) in [4.78, 5) is 0. The molecule has 0 amide bonds. The van der Waals surface area contributed by atoms with E-state index in [4.69, 9.17) is 0 Å². The van der Waals surface area contributed by atoms with Crippen LogP contribution < -0.4 is 0 Å². The molecule has 0 saturated heterocycles. The summed E-state index contributed by atoms with van der Waals surface area (Å²) in [6.07, 6.45) is 3.29. The van der Waals surface area contributed by atoms with Crippen molar-refractivity contribution in [2.24, 2.45) is 0 Å². The van der Waals surface area contributed by atoms with Gasteiger partial charge in [0.1, 0.15) is 0 Å². The van der Waals surface area contributed by atoms with Gasteiger partial charge in [0.05, 0.1) is 0 Å². The molecule has 0 heterocycles. The molecular weight excluding hydrogens is 112 g/mol. The first kappa shape index (κ1) is 8.54. The van der Waals surface area contributed by atoms with Gasteiger partial charge in [0.2, 0.25) is 0 Å². The Morgan fingerprint density at radius 2 is 1.89 bits per heavy atom. The Morgan fingerprint density at radius 3 is 2.22 bits per heavy atom. The maximum Gasteiger partial charge on any atom is 0.151 e. The van der Waals surface area contributed by atoms with Crippen LogP contribution in [0.25, 0.3) is 0 Å². The fourth-order valence-electron chi connectivity index (χ4n) is 0.618. The van der Waals surface area contributed by atoms with Crippen molar-refractivity contribution < 1.29 is 5.11 Å². The minimum atomic E-state index is 0.239. The maximum atomic E-state index is 10.6. The second-order valence-electron chi connectivity index (χ2n) is 2.44. The van der Waals surface area contributed by atoms with Crippen molar-refractivity contribution in [3.8, 4) is 0 Å². The predicted molar refractivity (Wildman–Crippen MR) is 38.6 cm³/mol. The Bertz CT molecular complexity index is 99.1. The van der Waals surface area contributed by atoms with Crippen molar-refractivity contribution in [3.63, 3.8) is 0 Å². The molecule has 9 heavy (non-hydrogen) atoms. The van der Waals surface area contributed by atoms with Crippen LogP contribution in [0.3, 0.4) is 0 Å². The molecule has 1 radical (unpaired) electrons. The molecule has 53 valence electrons. The van der Waals surface area contributed by atoms with Gasteiger partial charge in [-0.2, -0.15) is 0 Å². The van der Waals surface area contributed by atoms with E-state index in [1.54, 1.807) is 6.92 Å². The van der Waals surface area contributed by atoms with Gasteiger partial charge in [-0.3, -0.25) is 5.11 Å². The average Bonchev–Trinajstić information content (AvgIpc) is 1.82. The van der Waals surface area contributed by atoms with Gasteiger partial charge in [-0.1, -0.05) is 13.3 Å². The summed E-state index contributed by atoms with van der Waals surface area (Å²) < 4.78 is 0. The molecule has 0 aliphatic carbocycles. The highest BCUT2D eigenvalue weighted by atomic mass is 16.3. The van der Waals surface area contributed by atoms with Crippen LogP contribution in [0.15, 0.2) is 11.3 Å². The molecule has 0 aromatic carbocycles. The van der Waals surface area contributed by atoms with Crippen LogP contribution in [0.2, 0.25) is 0 Å². The molecule has 0 spiro atoms. The Morgan fingerprint density at radius 1 is 1.33 bits per heavy atom. The Balaban J connectivity index is 3.50. The molecule has 0 aromatic rings. The highest BCUT2D eigenvalue weighted by Gasteiger charge is 1.93. The third-order valence-electron chi connectivity index (χ3n) is 1.51. The highest BCUT2D eigenvalue weighted by Crippen LogP contribution is 2.09. The van der Waals surface area contributed by atoms with Gasteiger partial charge in [0.25, 0.3) is 0 Å². The van der Waals surface area contributed by atoms with Crippen LogP contribution in [-0.2, 0) is 5.11 Å². The molecule has 0 bridgehead atoms. The normalized spacial score (nSPS) is 13.2. The minimum absolute atomic E-state index is 0.239. The first-order valence-electron chi connectivity index (χ1n) is 3.51. The molecule has 0 fully saturated rings. The summed E-state index contributed by atoms with van der Waals surface area (Å²) in [5, 5.41) is 10.6. The van der Waals surface area contributed by atoms with Crippen LogP contribution in [-0.4, -0.2) is 0 Å². The fourth-order valence-corrected chi connectivity index (χ4v) is 0.618. The van der Waals surface area contributed by atoms with Gasteiger partial charge < -0.3 is 0 Å². The monoisotopic (exact) mass is 127 g/mol. The molecule has 1 nitrogen and oxygen atoms in total. The molecule has 0 rings (SSSR count). The third-order valence-corrected chi connectivity index (χ3v) is 1.51. The zero-order valence-corrected chi connectivity index (χ0v) is 6.53. The lowest BCUT2D eigenvalue weighted by Gasteiger charge is -1.96. The topological polar surface area (TPSA) is 19.9 Å². The van der Waals surface area contributed by atoms with Crippen LogP contribution in [0.1, 0.15) is 40.0 Å². The van der Waals surface area contributed by atoms with Gasteiger partial charge in [0, 0.05) is 0 Å². The van der Waals surface area contributed by atoms with Crippen molar-refractivity contribution in [1.82, 2.24) is 0 Å². The summed E-state index contributed by atoms with van der Waals surface area (Å²) in [7, 11) is 0. The first-order valence-corrected chi connectivity index (χ1v) is 3.51. The largest absolute Gasteiger partial charge is 0.295 e. The maximum absolute atomic E-state index is 10.6. The van der Waals surface area contributed by atoms with E-state index in [-0.39, 0.29) is 5.76 Å². The second-order valence-corrected chi connectivity index (χ2v) is 2.44. The van der Waals surface area contributed by atoms with Crippen LogP contribution in [0.5, 0.6) is 0 Å². The molecule has 0 atom stereocenters. The second kappa shape index (κ2) is 4.42. The van der Waals surface area contributed by atoms with Crippen molar-refractivity contribution >= 4 is 0 Å². The third kappa shape index (κ3) is 4.07. The highest BCUT2D eigenvalue weighted by molar-refractivity contribution is 5.00. The molecule has 0 unspecified atom stereocenters. The van der Waals surface area contributed by atoms with Crippen molar-refractivity contribution in [2.45, 2.75) is 40.0 Å². The number of allylic oxidation sites excluding steroid dienone is 2. The number of unbranched alkanes of at least 4 members (excludes halogenated alkanes) is 1. The Kier molecular flexibility index (Phi) is 4.20. The summed E-state index contributed by atoms with van der Waals surface area (Å²) in [5.74, 6) is 0.239. The van der Waals surface area contributed by atoms with Gasteiger partial charge in [-0.05, 0) is 32.3 Å². The summed E-state index contributed by atoms with van der Waals surface area (Å²) in [6.45, 7) is 5.68. The van der Waals surface area contributed by atoms with Crippen molar-refractivity contribution in [2.75, 3.05) is 0 Å². The van der Waals surface area contributed by atoms with E-state index in [9.17, 15) is 5.11 Å². The lowest BCUT2D eigenvalue weighted by molar-refractivity contribution is 0.293. The van der Waals surface area contributed by atoms with Crippen molar-refractivity contribution in [1.29, 1.82) is 0 Å². The minimum Gasteiger partial charge on any atom is -0.295 e. The predicted octanol–water partition coefficient (Wildman–Crippen LogP) is 2.90. The SMILES string of the molecule is CCCC/C(C)=C(\C)[O]. The number of rotatable bonds is 3. The molecule has 0 aromatic heterocycles. The molecule has 1 heteroatoms. The molecule has 0 N–H and O–H groups in total. The fraction of sp³-hybridized carbons (Fsp3) is 0.750. The molecule has 0 aliphatic heterocycles. The van der Waals surface area contributed by atoms with E-state index < -0.39 is 0 Å². The summed E-state index contributed by atoms with van der Waals surface area (Å²) in [5.41, 5.74) is 1.01. The van der Waals surface area contributed by atoms with Gasteiger partial charge in [0.15, 0.2) is 5.76 Å². The van der Waals surface area contributed by atoms with E-state index in [2.05, 4.69) is 6.92 Å². The lowest BCUT2D eigenvalue weighted by Crippen LogP contribution is -1.81. The van der Waals surface area contributed by atoms with Gasteiger partial charge in [-0.15, -0.1) is 0 Å². The number of hydrogen-bond donors (Lipinski definition) is 0. The van der Waals surface area contributed by atoms with E-state index in [0.29, 0.717) is 0 Å². The van der Waals surface area contributed by atoms with E-state index in [0.717, 1.165) is 18.4 Å². The van der Waals surface area contributed by atoms with Gasteiger partial charge >= 0.3 is 0 Å². The van der Waals surface area contributed by atoms with E-state index in [1.807, 2.05) is 6.92 Å². The summed E-state index contributed by atoms with van der Waals surface area (Å²) >= 11 is 0. The lowest BCUT2D eigenvalue weighted by atomic mass is 10.1. The Labute approximate surface area is 57.4 Å². The molecule has 0 aliphatic rings. The molecule has 0 saturated carbocycles.